The molecule has 2 aromatic heterocycles. The van der Waals surface area contributed by atoms with Gasteiger partial charge in [0, 0.05) is 0 Å². The summed E-state index contributed by atoms with van der Waals surface area (Å²) in [6, 6.07) is 8.63. The average Bonchev–Trinajstić information content (AvgIpc) is 3.34. The highest BCUT2D eigenvalue weighted by molar-refractivity contribution is 6.74. The summed E-state index contributed by atoms with van der Waals surface area (Å²) in [4.78, 5) is 25.3. The molecular formula is C23H31N5O5Si. The van der Waals surface area contributed by atoms with Crippen LogP contribution in [0.15, 0.2) is 43.0 Å². The van der Waals surface area contributed by atoms with Gasteiger partial charge in [0.15, 0.2) is 32.1 Å². The van der Waals surface area contributed by atoms with E-state index in [1.165, 1.54) is 12.7 Å². The maximum absolute atomic E-state index is 12.8. The van der Waals surface area contributed by atoms with Crippen LogP contribution in [0.2, 0.25) is 18.1 Å². The van der Waals surface area contributed by atoms with Gasteiger partial charge in [-0.2, -0.15) is 0 Å². The van der Waals surface area contributed by atoms with Gasteiger partial charge in [-0.1, -0.05) is 39.0 Å². The molecule has 4 atom stereocenters. The second-order valence-electron chi connectivity index (χ2n) is 9.95. The minimum absolute atomic E-state index is 0.0190. The highest BCUT2D eigenvalue weighted by Gasteiger charge is 2.49. The van der Waals surface area contributed by atoms with Crippen LogP contribution in [0, 0.1) is 0 Å². The molecular weight excluding hydrogens is 454 g/mol. The Hall–Kier alpha value is -2.86. The number of nitrogen functional groups attached to an aromatic ring is 1. The summed E-state index contributed by atoms with van der Waals surface area (Å²) in [5.74, 6) is -0.325. The molecule has 10 nitrogen and oxygen atoms in total. The summed E-state index contributed by atoms with van der Waals surface area (Å²) in [5.41, 5.74) is 7.11. The normalized spacial score (nSPS) is 23.4. The maximum Gasteiger partial charge on any atom is 0.338 e. The molecule has 3 heterocycles. The molecule has 1 saturated heterocycles. The van der Waals surface area contributed by atoms with Crippen molar-refractivity contribution in [2.45, 2.75) is 63.4 Å². The smallest absolute Gasteiger partial charge is 0.338 e. The Balaban J connectivity index is 1.62. The van der Waals surface area contributed by atoms with Crippen LogP contribution >= 0.6 is 0 Å². The molecule has 0 radical (unpaired) electrons. The largest absolute Gasteiger partial charge is 0.453 e. The Morgan fingerprint density at radius 3 is 2.59 bits per heavy atom. The molecule has 1 aliphatic heterocycles. The fourth-order valence-electron chi connectivity index (χ4n) is 3.56. The van der Waals surface area contributed by atoms with Crippen LogP contribution in [0.1, 0.15) is 37.4 Å². The summed E-state index contributed by atoms with van der Waals surface area (Å²) in [7, 11) is -2.13. The van der Waals surface area contributed by atoms with Crippen molar-refractivity contribution < 1.29 is 23.8 Å². The molecule has 0 amide bonds. The Kier molecular flexibility index (Phi) is 6.47. The van der Waals surface area contributed by atoms with E-state index in [1.54, 1.807) is 28.8 Å². The van der Waals surface area contributed by atoms with Crippen LogP contribution in [0.5, 0.6) is 0 Å². The van der Waals surface area contributed by atoms with Gasteiger partial charge in [-0.3, -0.25) is 4.57 Å². The first kappa shape index (κ1) is 24.3. The van der Waals surface area contributed by atoms with E-state index in [4.69, 9.17) is 19.6 Å². The van der Waals surface area contributed by atoms with E-state index < -0.39 is 38.8 Å². The molecule has 1 aromatic carbocycles. The minimum atomic E-state index is -2.13. The molecule has 0 spiro atoms. The number of esters is 1. The average molecular weight is 486 g/mol. The summed E-state index contributed by atoms with van der Waals surface area (Å²) in [6.45, 7) is 10.8. The zero-order valence-corrected chi connectivity index (χ0v) is 21.0. The van der Waals surface area contributed by atoms with Crippen molar-refractivity contribution in [3.8, 4) is 0 Å². The SMILES string of the molecule is CC(C)(C)[Si](C)(C)OC[C@H]1O[C@@H](n2cnc3c(N)ncnc32)C(O)C1OC(=O)c1ccccc1. The number of benzene rings is 1. The van der Waals surface area contributed by atoms with Gasteiger partial charge in [0.1, 0.15) is 24.1 Å². The summed E-state index contributed by atoms with van der Waals surface area (Å²) >= 11 is 0. The maximum atomic E-state index is 12.8. The number of nitrogens with two attached hydrogens (primary N) is 1. The predicted octanol–water partition coefficient (Wildman–Crippen LogP) is 2.91. The van der Waals surface area contributed by atoms with Crippen molar-refractivity contribution in [2.75, 3.05) is 12.3 Å². The van der Waals surface area contributed by atoms with Crippen LogP contribution in [0.25, 0.3) is 11.2 Å². The number of carbonyl (C=O) groups is 1. The van der Waals surface area contributed by atoms with E-state index in [2.05, 4.69) is 48.8 Å². The van der Waals surface area contributed by atoms with Crippen LogP contribution in [-0.2, 0) is 13.9 Å². The Morgan fingerprint density at radius 2 is 1.91 bits per heavy atom. The lowest BCUT2D eigenvalue weighted by Crippen LogP contribution is -2.45. The number of aromatic nitrogens is 4. The highest BCUT2D eigenvalue weighted by Crippen LogP contribution is 2.39. The number of rotatable bonds is 6. The number of fused-ring (bicyclic) bond motifs is 1. The minimum Gasteiger partial charge on any atom is -0.453 e. The van der Waals surface area contributed by atoms with Crippen LogP contribution in [0.3, 0.4) is 0 Å². The fraction of sp³-hybridized carbons (Fsp3) is 0.478. The van der Waals surface area contributed by atoms with E-state index >= 15 is 0 Å². The van der Waals surface area contributed by atoms with E-state index in [-0.39, 0.29) is 17.5 Å². The van der Waals surface area contributed by atoms with Crippen molar-refractivity contribution in [2.24, 2.45) is 0 Å². The lowest BCUT2D eigenvalue weighted by Gasteiger charge is -2.37. The summed E-state index contributed by atoms with van der Waals surface area (Å²) in [5, 5.41) is 11.2. The molecule has 1 fully saturated rings. The van der Waals surface area contributed by atoms with Crippen molar-refractivity contribution >= 4 is 31.3 Å². The van der Waals surface area contributed by atoms with Gasteiger partial charge in [0.25, 0.3) is 0 Å². The number of hydrogen-bond donors (Lipinski definition) is 2. The fourth-order valence-corrected chi connectivity index (χ4v) is 4.57. The van der Waals surface area contributed by atoms with E-state index in [0.717, 1.165) is 0 Å². The zero-order chi connectivity index (χ0) is 24.7. The quantitative estimate of drug-likeness (QED) is 0.399. The number of ether oxygens (including phenoxy) is 2. The molecule has 2 unspecified atom stereocenters. The van der Waals surface area contributed by atoms with Gasteiger partial charge in [0.05, 0.1) is 18.5 Å². The highest BCUT2D eigenvalue weighted by atomic mass is 28.4. The van der Waals surface area contributed by atoms with Gasteiger partial charge >= 0.3 is 5.97 Å². The van der Waals surface area contributed by atoms with E-state index in [1.807, 2.05) is 6.07 Å². The van der Waals surface area contributed by atoms with E-state index in [9.17, 15) is 9.90 Å². The third-order valence-corrected chi connectivity index (χ3v) is 11.1. The number of nitrogens with zero attached hydrogens (tertiary/aromatic N) is 4. The Labute approximate surface area is 199 Å². The van der Waals surface area contributed by atoms with Crippen molar-refractivity contribution in [3.63, 3.8) is 0 Å². The molecule has 3 aromatic rings. The molecule has 1 aliphatic rings. The lowest BCUT2D eigenvalue weighted by atomic mass is 10.1. The first-order valence-electron chi connectivity index (χ1n) is 11.2. The molecule has 11 heteroatoms. The number of aliphatic hydroxyl groups excluding tert-OH is 1. The first-order valence-corrected chi connectivity index (χ1v) is 14.1. The van der Waals surface area contributed by atoms with Gasteiger partial charge in [0.2, 0.25) is 0 Å². The molecule has 4 rings (SSSR count). The van der Waals surface area contributed by atoms with Crippen molar-refractivity contribution in [3.05, 3.63) is 48.5 Å². The standard InChI is InChI=1S/C23H31N5O5Si/c1-23(2,3)34(4,5)31-11-15-18(33-22(30)14-9-7-6-8-10-14)17(29)21(32-15)28-13-27-16-19(24)25-12-26-20(16)28/h6-10,12-13,15,17-18,21,29H,11H2,1-5H3,(H2,24,25,26)/t15-,17?,18?,21-/m1/s1. The zero-order valence-electron chi connectivity index (χ0n) is 20.0. The number of imidazole rings is 1. The van der Waals surface area contributed by atoms with Crippen LogP contribution in [-0.4, -0.2) is 63.8 Å². The van der Waals surface area contributed by atoms with Gasteiger partial charge in [-0.15, -0.1) is 0 Å². The molecule has 0 aliphatic carbocycles. The van der Waals surface area contributed by atoms with Gasteiger partial charge in [-0.05, 0) is 30.3 Å². The van der Waals surface area contributed by atoms with Crippen molar-refractivity contribution in [1.29, 1.82) is 0 Å². The predicted molar refractivity (Wildman–Crippen MR) is 128 cm³/mol. The number of aliphatic hydroxyl groups is 1. The molecule has 34 heavy (non-hydrogen) atoms. The molecule has 3 N–H and O–H groups in total. The lowest BCUT2D eigenvalue weighted by molar-refractivity contribution is -0.0508. The topological polar surface area (TPSA) is 135 Å². The molecule has 182 valence electrons. The summed E-state index contributed by atoms with van der Waals surface area (Å²) < 4.78 is 19.9. The second-order valence-corrected chi connectivity index (χ2v) is 14.8. The third kappa shape index (κ3) is 4.56. The van der Waals surface area contributed by atoms with Crippen molar-refractivity contribution in [1.82, 2.24) is 19.5 Å². The number of anilines is 1. The van der Waals surface area contributed by atoms with E-state index in [0.29, 0.717) is 16.7 Å². The van der Waals surface area contributed by atoms with Gasteiger partial charge < -0.3 is 24.7 Å². The molecule has 0 bridgehead atoms. The van der Waals surface area contributed by atoms with Crippen LogP contribution < -0.4 is 5.73 Å². The molecule has 0 saturated carbocycles. The first-order chi connectivity index (χ1) is 16.0. The van der Waals surface area contributed by atoms with Crippen LogP contribution in [0.4, 0.5) is 5.82 Å². The Bertz CT molecular complexity index is 1160. The summed E-state index contributed by atoms with van der Waals surface area (Å²) in [6.07, 6.45) is -0.938. The van der Waals surface area contributed by atoms with Gasteiger partial charge in [-0.25, -0.2) is 19.7 Å². The Morgan fingerprint density at radius 1 is 1.21 bits per heavy atom. The second kappa shape index (κ2) is 9.06. The monoisotopic (exact) mass is 485 g/mol. The number of carbonyl (C=O) groups excluding carboxylic acids is 1. The number of hydrogen-bond acceptors (Lipinski definition) is 9. The third-order valence-electron chi connectivity index (χ3n) is 6.64.